The zero-order valence-electron chi connectivity index (χ0n) is 81.0. The summed E-state index contributed by atoms with van der Waals surface area (Å²) in [6.45, 7) is 45.8. The number of hydrogen-bond donors (Lipinski definition) is 0. The molecule has 0 unspecified atom stereocenters. The molecular formula is C128H116B2S4. The van der Waals surface area contributed by atoms with E-state index in [4.69, 9.17) is 0 Å². The summed E-state index contributed by atoms with van der Waals surface area (Å²) >= 11 is 7.89. The average Bonchev–Trinajstić information content (AvgIpc) is 0.726. The third-order valence-corrected chi connectivity index (χ3v) is 34.4. The third kappa shape index (κ3) is 15.7. The van der Waals surface area contributed by atoms with E-state index in [9.17, 15) is 0 Å². The quantitative estimate of drug-likeness (QED) is 0.0833. The summed E-state index contributed by atoms with van der Waals surface area (Å²) in [4.78, 5) is 10.8. The predicted molar refractivity (Wildman–Crippen MR) is 587 cm³/mol. The molecule has 18 aromatic rings. The lowest BCUT2D eigenvalue weighted by atomic mass is 9.36. The molecule has 134 heavy (non-hydrogen) atoms. The van der Waals surface area contributed by atoms with E-state index in [0.29, 0.717) is 0 Å². The Morgan fingerprint density at radius 1 is 0.172 bits per heavy atom. The van der Waals surface area contributed by atoms with Gasteiger partial charge in [0.05, 0.1) is 0 Å². The van der Waals surface area contributed by atoms with Crippen LogP contribution in [0.5, 0.6) is 0 Å². The molecule has 0 fully saturated rings. The molecule has 0 aliphatic carbocycles. The standard InChI is InChI=1S/C128H116B2S4/c1-122(2,3)89-40-34-39-79(65-89)80-59-82(63-87(61-80)118-100-45-30-26-41-96(100)116(77-35-22-20-23-36-77)97-42-27-31-46-101(97)118)85-68-114-121-115(69-85)134-111-56-52-93(76-107(111)130(121)106-75-92(125(10,11)12)51-55-110(106)133-114)127(16,17)57-58-128(18,19)95-67-84(66-94(72-95)126(13,14)15)81-60-83(64-88(62-81)119-102-47-32-28-43-98(102)117(78-37-24-21-25-38-78)99-44-29-33-48-103(99)119)86-70-112-120-113(71-86)132-109-54-50-91(124(7,8)9)74-105(109)129(120)104-73-90(123(4,5)6)49-53-108(104)131-112/h20-56,59-76H,57-58H2,1-19H3. The molecular weight excluding hydrogens is 1690 g/mol. The first-order chi connectivity index (χ1) is 64.0. The topological polar surface area (TPSA) is 0 Å². The van der Waals surface area contributed by atoms with Crippen molar-refractivity contribution in [3.63, 3.8) is 0 Å². The van der Waals surface area contributed by atoms with Crippen molar-refractivity contribution in [3.05, 3.63) is 373 Å². The number of fused-ring (bicyclic) bond motifs is 12. The highest BCUT2D eigenvalue weighted by molar-refractivity contribution is 8.02. The summed E-state index contributed by atoms with van der Waals surface area (Å²) in [5.41, 5.74) is 37.3. The van der Waals surface area contributed by atoms with Crippen molar-refractivity contribution in [1.82, 2.24) is 0 Å². The highest BCUT2D eigenvalue weighted by Crippen LogP contribution is 2.53. The summed E-state index contributed by atoms with van der Waals surface area (Å²) in [6.07, 6.45) is 1.97. The van der Waals surface area contributed by atoms with Gasteiger partial charge in [-0.2, -0.15) is 0 Å². The third-order valence-electron chi connectivity index (χ3n) is 29.8. The second-order valence-corrected chi connectivity index (χ2v) is 49.3. The van der Waals surface area contributed by atoms with Crippen LogP contribution in [0, 0.1) is 0 Å². The molecule has 0 nitrogen and oxygen atoms in total. The SMILES string of the molecule is CC(C)(C)c1cccc(-c2cc(-c3cc4c5c(c3)Sc3ccc(C(C)(C)CCC(C)(C)c6cc(-c7cc(-c8cc9c%10c(c8)Sc8ccc(C(C)(C)C)cc8B%10c8cc(C(C)(C)C)ccc8S9)cc(-c8c9ccccc9c(-c9ccccc9)c9ccccc89)c7)cc(C(C)(C)C)c6)cc3B5c3cc(C(C)(C)C)ccc3S4)cc(-c3c4ccccc4c(-c4ccccc4)c4ccccc34)c2)c1. The lowest BCUT2D eigenvalue weighted by Gasteiger charge is -2.36. The maximum Gasteiger partial charge on any atom is 0.247 e. The van der Waals surface area contributed by atoms with Crippen LogP contribution in [0.3, 0.4) is 0 Å². The fraction of sp³-hybridized carbons (Fsp3) is 0.219. The molecule has 0 spiro atoms. The van der Waals surface area contributed by atoms with E-state index in [2.05, 4.69) is 465 Å². The van der Waals surface area contributed by atoms with Crippen LogP contribution in [0.15, 0.2) is 373 Å². The Morgan fingerprint density at radius 3 is 0.739 bits per heavy atom. The first-order valence-electron chi connectivity index (χ1n) is 48.2. The summed E-state index contributed by atoms with van der Waals surface area (Å²) in [7, 11) is 0. The van der Waals surface area contributed by atoms with Crippen molar-refractivity contribution in [2.75, 3.05) is 0 Å². The second kappa shape index (κ2) is 32.7. The number of hydrogen-bond acceptors (Lipinski definition) is 4. The predicted octanol–water partition coefficient (Wildman–Crippen LogP) is 33.0. The van der Waals surface area contributed by atoms with Gasteiger partial charge in [-0.3, -0.25) is 0 Å². The van der Waals surface area contributed by atoms with Crippen LogP contribution in [0.2, 0.25) is 0 Å². The molecule has 0 amide bonds. The van der Waals surface area contributed by atoms with E-state index >= 15 is 0 Å². The summed E-state index contributed by atoms with van der Waals surface area (Å²) in [5, 5.41) is 10.0. The van der Waals surface area contributed by atoms with Gasteiger partial charge in [-0.15, -0.1) is 0 Å². The molecule has 0 bridgehead atoms. The maximum atomic E-state index is 2.66. The van der Waals surface area contributed by atoms with Gasteiger partial charge in [-0.05, 0) is 318 Å². The van der Waals surface area contributed by atoms with Crippen LogP contribution in [0.25, 0.3) is 132 Å². The zero-order chi connectivity index (χ0) is 92.8. The van der Waals surface area contributed by atoms with E-state index in [1.165, 1.54) is 243 Å². The van der Waals surface area contributed by atoms with Crippen LogP contribution in [-0.2, 0) is 37.9 Å². The van der Waals surface area contributed by atoms with Crippen molar-refractivity contribution < 1.29 is 0 Å². The van der Waals surface area contributed by atoms with Gasteiger partial charge >= 0.3 is 0 Å². The average molecular weight is 1800 g/mol. The minimum atomic E-state index is -0.225. The molecule has 22 rings (SSSR count). The van der Waals surface area contributed by atoms with Gasteiger partial charge < -0.3 is 0 Å². The Balaban J connectivity index is 0.652. The Labute approximate surface area is 812 Å². The van der Waals surface area contributed by atoms with Crippen LogP contribution < -0.4 is 32.8 Å². The molecule has 0 saturated carbocycles. The van der Waals surface area contributed by atoms with Crippen molar-refractivity contribution in [3.8, 4) is 89.0 Å². The van der Waals surface area contributed by atoms with Crippen LogP contribution in [0.1, 0.15) is 183 Å². The molecule has 0 atom stereocenters. The van der Waals surface area contributed by atoms with Gasteiger partial charge in [0, 0.05) is 39.2 Å². The van der Waals surface area contributed by atoms with Gasteiger partial charge in [0.2, 0.25) is 13.4 Å². The first-order valence-corrected chi connectivity index (χ1v) is 51.5. The van der Waals surface area contributed by atoms with Gasteiger partial charge in [-0.1, -0.05) is 449 Å². The smallest absolute Gasteiger partial charge is 0.0911 e. The first kappa shape index (κ1) is 87.8. The van der Waals surface area contributed by atoms with Gasteiger partial charge in [0.25, 0.3) is 0 Å². The Morgan fingerprint density at radius 2 is 0.410 bits per heavy atom. The molecule has 4 aliphatic heterocycles. The maximum absolute atomic E-state index is 2.66. The Hall–Kier alpha value is -11.5. The van der Waals surface area contributed by atoms with E-state index in [1.54, 1.807) is 0 Å². The largest absolute Gasteiger partial charge is 0.247 e. The van der Waals surface area contributed by atoms with Crippen LogP contribution in [0.4, 0.5) is 0 Å². The van der Waals surface area contributed by atoms with Crippen LogP contribution in [-0.4, -0.2) is 13.4 Å². The molecule has 0 saturated heterocycles. The highest BCUT2D eigenvalue weighted by atomic mass is 32.2. The number of rotatable bonds is 13. The van der Waals surface area contributed by atoms with Gasteiger partial charge in [-0.25, -0.2) is 0 Å². The molecule has 6 heteroatoms. The molecule has 0 N–H and O–H groups in total. The Kier molecular flexibility index (Phi) is 21.4. The minimum absolute atomic E-state index is 0.00337. The van der Waals surface area contributed by atoms with Gasteiger partial charge in [0.1, 0.15) is 0 Å². The monoisotopic (exact) mass is 1800 g/mol. The molecule has 0 aromatic heterocycles. The van der Waals surface area contributed by atoms with E-state index < -0.39 is 0 Å². The van der Waals surface area contributed by atoms with Gasteiger partial charge in [0.15, 0.2) is 0 Å². The summed E-state index contributed by atoms with van der Waals surface area (Å²) < 4.78 is 0. The molecule has 0 radical (unpaired) electrons. The van der Waals surface area contributed by atoms with Crippen molar-refractivity contribution >= 4 is 136 Å². The van der Waals surface area contributed by atoms with E-state index in [0.717, 1.165) is 12.8 Å². The van der Waals surface area contributed by atoms with E-state index in [1.807, 2.05) is 47.0 Å². The summed E-state index contributed by atoms with van der Waals surface area (Å²) in [6, 6.07) is 131. The van der Waals surface area contributed by atoms with Crippen LogP contribution >= 0.6 is 47.0 Å². The van der Waals surface area contributed by atoms with E-state index in [-0.39, 0.29) is 51.3 Å². The van der Waals surface area contributed by atoms with Crippen molar-refractivity contribution in [2.45, 2.75) is 221 Å². The fourth-order valence-electron chi connectivity index (χ4n) is 21.8. The minimum Gasteiger partial charge on any atom is -0.0911 e. The molecule has 658 valence electrons. The molecule has 18 aromatic carbocycles. The highest BCUT2D eigenvalue weighted by Gasteiger charge is 2.44. The van der Waals surface area contributed by atoms with Crippen molar-refractivity contribution in [2.24, 2.45) is 0 Å². The lowest BCUT2D eigenvalue weighted by Crippen LogP contribution is -2.58. The second-order valence-electron chi connectivity index (χ2n) is 45.0. The summed E-state index contributed by atoms with van der Waals surface area (Å²) in [5.74, 6) is 0. The lowest BCUT2D eigenvalue weighted by molar-refractivity contribution is 0.374. The number of benzene rings is 18. The Bertz CT molecular complexity index is 7660. The molecule has 4 aliphatic rings. The zero-order valence-corrected chi connectivity index (χ0v) is 84.2. The molecule has 4 heterocycles. The van der Waals surface area contributed by atoms with Crippen molar-refractivity contribution in [1.29, 1.82) is 0 Å². The normalized spacial score (nSPS) is 13.7. The fourth-order valence-corrected chi connectivity index (χ4v) is 26.7.